The minimum Gasteiger partial charge on any atom is -0.368 e. The molecule has 0 atom stereocenters. The van der Waals surface area contributed by atoms with Crippen molar-refractivity contribution in [3.63, 3.8) is 0 Å². The molecule has 0 amide bonds. The molecule has 0 aliphatic heterocycles. The summed E-state index contributed by atoms with van der Waals surface area (Å²) >= 11 is 5.79. The number of fused-ring (bicyclic) bond motifs is 1. The Bertz CT molecular complexity index is 464. The summed E-state index contributed by atoms with van der Waals surface area (Å²) in [6.45, 7) is 2.77. The van der Waals surface area contributed by atoms with Crippen molar-refractivity contribution in [3.8, 4) is 0 Å². The normalized spacial score (nSPS) is 10.8. The van der Waals surface area contributed by atoms with Gasteiger partial charge in [0.1, 0.15) is 0 Å². The average molecular weight is 212 g/mol. The van der Waals surface area contributed by atoms with Crippen LogP contribution >= 0.6 is 11.6 Å². The van der Waals surface area contributed by atoms with Gasteiger partial charge in [-0.3, -0.25) is 0 Å². The zero-order valence-corrected chi connectivity index (χ0v) is 8.71. The third kappa shape index (κ3) is 1.39. The molecule has 74 valence electrons. The average Bonchev–Trinajstić information content (AvgIpc) is 2.49. The Morgan fingerprint density at radius 3 is 3.00 bits per heavy atom. The van der Waals surface area contributed by atoms with Gasteiger partial charge in [0.15, 0.2) is 17.0 Å². The summed E-state index contributed by atoms with van der Waals surface area (Å²) in [5, 5.41) is 3.33. The number of anilines is 1. The Labute approximate surface area is 86.1 Å². The van der Waals surface area contributed by atoms with E-state index in [-0.39, 0.29) is 5.28 Å². The molecule has 5 nitrogen and oxygen atoms in total. The first-order chi connectivity index (χ1) is 6.72. The monoisotopic (exact) mass is 211 g/mol. The molecule has 0 radical (unpaired) electrons. The summed E-state index contributed by atoms with van der Waals surface area (Å²) in [7, 11) is 1.87. The number of imidazole rings is 1. The zero-order valence-electron chi connectivity index (χ0n) is 7.95. The first kappa shape index (κ1) is 9.21. The molecule has 14 heavy (non-hydrogen) atoms. The molecule has 0 unspecified atom stereocenters. The van der Waals surface area contributed by atoms with Crippen LogP contribution in [-0.4, -0.2) is 26.1 Å². The fraction of sp³-hybridized carbons (Fsp3) is 0.375. The lowest BCUT2D eigenvalue weighted by molar-refractivity contribution is 0.928. The van der Waals surface area contributed by atoms with E-state index in [0.29, 0.717) is 5.82 Å². The van der Waals surface area contributed by atoms with Crippen molar-refractivity contribution in [2.75, 3.05) is 11.9 Å². The van der Waals surface area contributed by atoms with Crippen LogP contribution in [0.5, 0.6) is 0 Å². The molecular formula is C8H10ClN5. The molecule has 1 N–H and O–H groups in total. The van der Waals surface area contributed by atoms with Crippen LogP contribution in [0.15, 0.2) is 6.33 Å². The summed E-state index contributed by atoms with van der Waals surface area (Å²) in [6.07, 6.45) is 1.69. The number of nitrogens with one attached hydrogen (secondary N) is 1. The number of rotatable bonds is 2. The highest BCUT2D eigenvalue weighted by Crippen LogP contribution is 2.19. The summed E-state index contributed by atoms with van der Waals surface area (Å²) < 4.78 is 1.81. The van der Waals surface area contributed by atoms with Crippen molar-refractivity contribution in [1.82, 2.24) is 19.5 Å². The van der Waals surface area contributed by atoms with Crippen molar-refractivity contribution >= 4 is 28.6 Å². The van der Waals surface area contributed by atoms with Gasteiger partial charge in [-0.25, -0.2) is 4.98 Å². The second-order valence-corrected chi connectivity index (χ2v) is 3.24. The molecule has 0 aliphatic rings. The minimum atomic E-state index is 0.233. The van der Waals surface area contributed by atoms with E-state index in [0.717, 1.165) is 17.7 Å². The SMILES string of the molecule is CCNc1nc(Cl)nc2c1ncn2C. The predicted molar refractivity (Wildman–Crippen MR) is 55.5 cm³/mol. The first-order valence-corrected chi connectivity index (χ1v) is 4.68. The maximum Gasteiger partial charge on any atom is 0.226 e. The van der Waals surface area contributed by atoms with Crippen molar-refractivity contribution in [2.24, 2.45) is 7.05 Å². The van der Waals surface area contributed by atoms with E-state index in [1.165, 1.54) is 0 Å². The molecule has 2 aromatic rings. The van der Waals surface area contributed by atoms with E-state index in [2.05, 4.69) is 20.3 Å². The van der Waals surface area contributed by atoms with Crippen LogP contribution in [0.2, 0.25) is 5.28 Å². The molecule has 2 heterocycles. The van der Waals surface area contributed by atoms with Gasteiger partial charge in [0.2, 0.25) is 5.28 Å². The summed E-state index contributed by atoms with van der Waals surface area (Å²) in [5.41, 5.74) is 1.49. The number of hydrogen-bond donors (Lipinski definition) is 1. The second kappa shape index (κ2) is 3.42. The van der Waals surface area contributed by atoms with Gasteiger partial charge in [0.25, 0.3) is 0 Å². The lowest BCUT2D eigenvalue weighted by Crippen LogP contribution is -2.02. The largest absolute Gasteiger partial charge is 0.368 e. The molecule has 0 aliphatic carbocycles. The maximum atomic E-state index is 5.79. The Hall–Kier alpha value is -1.36. The van der Waals surface area contributed by atoms with Crippen LogP contribution in [0.3, 0.4) is 0 Å². The van der Waals surface area contributed by atoms with Crippen LogP contribution in [0.1, 0.15) is 6.92 Å². The highest BCUT2D eigenvalue weighted by molar-refractivity contribution is 6.28. The number of aromatic nitrogens is 4. The smallest absolute Gasteiger partial charge is 0.226 e. The minimum absolute atomic E-state index is 0.233. The van der Waals surface area contributed by atoms with E-state index >= 15 is 0 Å². The van der Waals surface area contributed by atoms with E-state index in [1.54, 1.807) is 6.33 Å². The van der Waals surface area contributed by atoms with E-state index < -0.39 is 0 Å². The molecule has 2 aromatic heterocycles. The number of nitrogens with zero attached hydrogens (tertiary/aromatic N) is 4. The molecular weight excluding hydrogens is 202 g/mol. The van der Waals surface area contributed by atoms with Crippen LogP contribution in [0.25, 0.3) is 11.2 Å². The van der Waals surface area contributed by atoms with Gasteiger partial charge in [-0.2, -0.15) is 9.97 Å². The summed E-state index contributed by atoms with van der Waals surface area (Å²) in [5.74, 6) is 0.683. The van der Waals surface area contributed by atoms with Crippen molar-refractivity contribution in [1.29, 1.82) is 0 Å². The van der Waals surface area contributed by atoms with E-state index in [4.69, 9.17) is 11.6 Å². The zero-order chi connectivity index (χ0) is 10.1. The second-order valence-electron chi connectivity index (χ2n) is 2.90. The lowest BCUT2D eigenvalue weighted by atomic mass is 10.5. The van der Waals surface area contributed by atoms with Crippen molar-refractivity contribution < 1.29 is 0 Å². The van der Waals surface area contributed by atoms with Gasteiger partial charge >= 0.3 is 0 Å². The molecule has 6 heteroatoms. The van der Waals surface area contributed by atoms with Crippen LogP contribution in [0.4, 0.5) is 5.82 Å². The molecule has 0 fully saturated rings. The molecule has 0 saturated carbocycles. The Morgan fingerprint density at radius 2 is 2.29 bits per heavy atom. The van der Waals surface area contributed by atoms with Crippen LogP contribution < -0.4 is 5.32 Å². The first-order valence-electron chi connectivity index (χ1n) is 4.30. The third-order valence-corrected chi connectivity index (χ3v) is 2.05. The number of halogens is 1. The molecule has 2 rings (SSSR count). The highest BCUT2D eigenvalue weighted by Gasteiger charge is 2.09. The molecule has 0 saturated heterocycles. The Morgan fingerprint density at radius 1 is 1.50 bits per heavy atom. The van der Waals surface area contributed by atoms with Gasteiger partial charge in [0, 0.05) is 13.6 Å². The topological polar surface area (TPSA) is 55.6 Å². The predicted octanol–water partition coefficient (Wildman–Crippen LogP) is 1.45. The van der Waals surface area contributed by atoms with Crippen LogP contribution in [-0.2, 0) is 7.05 Å². The van der Waals surface area contributed by atoms with Gasteiger partial charge < -0.3 is 9.88 Å². The van der Waals surface area contributed by atoms with E-state index in [9.17, 15) is 0 Å². The summed E-state index contributed by atoms with van der Waals surface area (Å²) in [6, 6.07) is 0. The fourth-order valence-electron chi connectivity index (χ4n) is 1.27. The summed E-state index contributed by atoms with van der Waals surface area (Å²) in [4.78, 5) is 12.4. The third-order valence-electron chi connectivity index (χ3n) is 1.88. The van der Waals surface area contributed by atoms with Crippen molar-refractivity contribution in [2.45, 2.75) is 6.92 Å². The maximum absolute atomic E-state index is 5.79. The lowest BCUT2D eigenvalue weighted by Gasteiger charge is -2.02. The molecule has 0 aromatic carbocycles. The van der Waals surface area contributed by atoms with Gasteiger partial charge in [-0.15, -0.1) is 0 Å². The van der Waals surface area contributed by atoms with Crippen LogP contribution in [0, 0.1) is 0 Å². The fourth-order valence-corrected chi connectivity index (χ4v) is 1.44. The van der Waals surface area contributed by atoms with Gasteiger partial charge in [-0.05, 0) is 18.5 Å². The Kier molecular flexibility index (Phi) is 2.25. The molecule has 0 bridgehead atoms. The van der Waals surface area contributed by atoms with E-state index in [1.807, 2.05) is 18.5 Å². The Balaban J connectivity index is 2.68. The highest BCUT2D eigenvalue weighted by atomic mass is 35.5. The quantitative estimate of drug-likeness (QED) is 0.764. The number of hydrogen-bond acceptors (Lipinski definition) is 4. The number of aryl methyl sites for hydroxylation is 1. The standard InChI is InChI=1S/C8H10ClN5/c1-3-10-6-5-7(13-8(9)12-6)14(2)4-11-5/h4H,3H2,1-2H3,(H,10,12,13). The molecule has 0 spiro atoms. The van der Waals surface area contributed by atoms with Gasteiger partial charge in [-0.1, -0.05) is 0 Å². The van der Waals surface area contributed by atoms with Crippen molar-refractivity contribution in [3.05, 3.63) is 11.6 Å². The van der Waals surface area contributed by atoms with Gasteiger partial charge in [0.05, 0.1) is 6.33 Å².